The molecule has 0 saturated heterocycles. The molecule has 1 unspecified atom stereocenters. The summed E-state index contributed by atoms with van der Waals surface area (Å²) in [6, 6.07) is -0.134. The van der Waals surface area contributed by atoms with Gasteiger partial charge in [-0.15, -0.1) is 0 Å². The second-order valence-corrected chi connectivity index (χ2v) is 1.22. The largest absolute Gasteiger partial charge is 0.389 e. The van der Waals surface area contributed by atoms with Gasteiger partial charge in [0.15, 0.2) is 0 Å². The van der Waals surface area contributed by atoms with E-state index in [4.69, 9.17) is 10.8 Å². The van der Waals surface area contributed by atoms with Gasteiger partial charge in [-0.2, -0.15) is 0 Å². The summed E-state index contributed by atoms with van der Waals surface area (Å²) in [5, 5.41) is 8.08. The first-order chi connectivity index (χ1) is 2.81. The molecule has 0 heterocycles. The Morgan fingerprint density at radius 2 is 2.50 bits per heavy atom. The number of hydrogen-bond acceptors (Lipinski definition) is 2. The van der Waals surface area contributed by atoms with E-state index in [1.807, 2.05) is 6.92 Å². The molecular formula is C4H10NO. The van der Waals surface area contributed by atoms with E-state index in [1.165, 1.54) is 0 Å². The summed E-state index contributed by atoms with van der Waals surface area (Å²) in [5.74, 6) is 0. The van der Waals surface area contributed by atoms with E-state index in [9.17, 15) is 0 Å². The zero-order chi connectivity index (χ0) is 4.99. The van der Waals surface area contributed by atoms with Crippen molar-refractivity contribution in [2.45, 2.75) is 19.4 Å². The van der Waals surface area contributed by atoms with Crippen molar-refractivity contribution in [2.75, 3.05) is 0 Å². The summed E-state index contributed by atoms with van der Waals surface area (Å²) in [7, 11) is 0. The molecule has 0 fully saturated rings. The van der Waals surface area contributed by atoms with Gasteiger partial charge < -0.3 is 10.8 Å². The normalized spacial score (nSPS) is 14.5. The summed E-state index contributed by atoms with van der Waals surface area (Å²) in [5.41, 5.74) is 5.17. The van der Waals surface area contributed by atoms with E-state index in [2.05, 4.69) is 0 Å². The third kappa shape index (κ3) is 2.18. The molecule has 37 valence electrons. The Balaban J connectivity index is 2.75. The topological polar surface area (TPSA) is 46.2 Å². The fourth-order valence-electron chi connectivity index (χ4n) is 0.105. The lowest BCUT2D eigenvalue weighted by Crippen LogP contribution is -2.18. The Bertz CT molecular complexity index is 26.7. The van der Waals surface area contributed by atoms with Crippen molar-refractivity contribution < 1.29 is 5.11 Å². The van der Waals surface area contributed by atoms with Crippen molar-refractivity contribution in [1.82, 2.24) is 0 Å². The highest BCUT2D eigenvalue weighted by molar-refractivity contribution is 4.64. The number of aliphatic hydroxyl groups is 1. The Hall–Kier alpha value is -0.0800. The van der Waals surface area contributed by atoms with Crippen molar-refractivity contribution in [3.8, 4) is 0 Å². The molecule has 2 nitrogen and oxygen atoms in total. The van der Waals surface area contributed by atoms with Crippen LogP contribution in [0.25, 0.3) is 0 Å². The molecular weight excluding hydrogens is 78.0 g/mol. The van der Waals surface area contributed by atoms with Crippen LogP contribution in [-0.4, -0.2) is 11.1 Å². The van der Waals surface area contributed by atoms with Gasteiger partial charge in [0, 0.05) is 6.04 Å². The van der Waals surface area contributed by atoms with Crippen molar-refractivity contribution in [3.63, 3.8) is 0 Å². The third-order valence-electron chi connectivity index (χ3n) is 0.663. The molecule has 0 aromatic rings. The van der Waals surface area contributed by atoms with Crippen LogP contribution in [-0.2, 0) is 0 Å². The maximum absolute atomic E-state index is 8.08. The number of nitrogens with two attached hydrogens (primary N) is 1. The minimum absolute atomic E-state index is 0.134. The highest BCUT2D eigenvalue weighted by Gasteiger charge is 1.91. The molecule has 0 aliphatic carbocycles. The molecule has 2 heteroatoms. The van der Waals surface area contributed by atoms with E-state index in [-0.39, 0.29) is 6.04 Å². The average Bonchev–Trinajstić information content (AvgIpc) is 1.65. The quantitative estimate of drug-likeness (QED) is 0.508. The second kappa shape index (κ2) is 3.12. The fourth-order valence-corrected chi connectivity index (χ4v) is 0.105. The molecule has 0 amide bonds. The predicted octanol–water partition coefficient (Wildman–Crippen LogP) is 0.258. The summed E-state index contributed by atoms with van der Waals surface area (Å²) < 4.78 is 0. The minimum Gasteiger partial charge on any atom is -0.389 e. The second-order valence-electron chi connectivity index (χ2n) is 1.22. The summed E-state index contributed by atoms with van der Waals surface area (Å²) in [6.07, 6.45) is 0.802. The molecule has 0 saturated carbocycles. The van der Waals surface area contributed by atoms with Gasteiger partial charge in [-0.05, 0) is 6.42 Å². The lowest BCUT2D eigenvalue weighted by atomic mass is 10.3. The van der Waals surface area contributed by atoms with E-state index >= 15 is 0 Å². The van der Waals surface area contributed by atoms with Crippen molar-refractivity contribution >= 4 is 0 Å². The summed E-state index contributed by atoms with van der Waals surface area (Å²) in [6.45, 7) is 2.91. The zero-order valence-corrected chi connectivity index (χ0v) is 3.89. The smallest absolute Gasteiger partial charge is 0.0964 e. The van der Waals surface area contributed by atoms with E-state index in [0.29, 0.717) is 0 Å². The van der Waals surface area contributed by atoms with Gasteiger partial charge in [-0.25, -0.2) is 0 Å². The molecule has 1 radical (unpaired) electrons. The Labute approximate surface area is 38.0 Å². The molecule has 3 N–H and O–H groups in total. The van der Waals surface area contributed by atoms with Crippen LogP contribution in [0.5, 0.6) is 0 Å². The maximum atomic E-state index is 8.08. The van der Waals surface area contributed by atoms with Crippen LogP contribution < -0.4 is 5.73 Å². The van der Waals surface area contributed by atoms with Crippen LogP contribution in [0.2, 0.25) is 0 Å². The Kier molecular flexibility index (Phi) is 3.08. The van der Waals surface area contributed by atoms with Gasteiger partial charge in [0.25, 0.3) is 0 Å². The SMILES string of the molecule is CCC(N)[CH]O. The Morgan fingerprint density at radius 1 is 2.00 bits per heavy atom. The van der Waals surface area contributed by atoms with Gasteiger partial charge in [-0.1, -0.05) is 6.92 Å². The molecule has 0 bridgehead atoms. The van der Waals surface area contributed by atoms with Crippen LogP contribution in [0.3, 0.4) is 0 Å². The molecule has 0 spiro atoms. The van der Waals surface area contributed by atoms with Crippen LogP contribution in [0, 0.1) is 6.61 Å². The summed E-state index contributed by atoms with van der Waals surface area (Å²) >= 11 is 0. The lowest BCUT2D eigenvalue weighted by Gasteiger charge is -1.97. The lowest BCUT2D eigenvalue weighted by molar-refractivity contribution is 0.349. The summed E-state index contributed by atoms with van der Waals surface area (Å²) in [4.78, 5) is 0. The number of aliphatic hydroxyl groups excluding tert-OH is 1. The average molecular weight is 88.1 g/mol. The van der Waals surface area contributed by atoms with Gasteiger partial charge in [0.05, 0.1) is 6.61 Å². The minimum atomic E-state index is -0.134. The van der Waals surface area contributed by atoms with Crippen molar-refractivity contribution in [2.24, 2.45) is 5.73 Å². The van der Waals surface area contributed by atoms with Gasteiger partial charge in [-0.3, -0.25) is 0 Å². The molecule has 1 atom stereocenters. The standard InChI is InChI=1S/C4H10NO/c1-2-4(5)3-6/h3-4,6H,2,5H2,1H3. The highest BCUT2D eigenvalue weighted by Crippen LogP contribution is 1.84. The first kappa shape index (κ1) is 5.92. The fraction of sp³-hybridized carbons (Fsp3) is 0.750. The van der Waals surface area contributed by atoms with Crippen molar-refractivity contribution in [3.05, 3.63) is 6.61 Å². The van der Waals surface area contributed by atoms with Crippen LogP contribution in [0.15, 0.2) is 0 Å². The van der Waals surface area contributed by atoms with Gasteiger partial charge in [0.1, 0.15) is 0 Å². The van der Waals surface area contributed by atoms with Gasteiger partial charge >= 0.3 is 0 Å². The van der Waals surface area contributed by atoms with E-state index < -0.39 is 0 Å². The first-order valence-electron chi connectivity index (χ1n) is 2.04. The predicted molar refractivity (Wildman–Crippen MR) is 24.5 cm³/mol. The first-order valence-corrected chi connectivity index (χ1v) is 2.04. The molecule has 0 aromatic heterocycles. The van der Waals surface area contributed by atoms with Crippen LogP contribution >= 0.6 is 0 Å². The van der Waals surface area contributed by atoms with Crippen molar-refractivity contribution in [1.29, 1.82) is 0 Å². The third-order valence-corrected chi connectivity index (χ3v) is 0.663. The maximum Gasteiger partial charge on any atom is 0.0964 e. The molecule has 0 aliphatic rings. The highest BCUT2D eigenvalue weighted by atomic mass is 16.3. The Morgan fingerprint density at radius 3 is 2.50 bits per heavy atom. The number of rotatable bonds is 2. The zero-order valence-electron chi connectivity index (χ0n) is 3.89. The molecule has 0 rings (SSSR count). The number of hydrogen-bond donors (Lipinski definition) is 2. The van der Waals surface area contributed by atoms with E-state index in [0.717, 1.165) is 13.0 Å². The van der Waals surface area contributed by atoms with Crippen LogP contribution in [0.1, 0.15) is 13.3 Å². The molecule has 0 aromatic carbocycles. The van der Waals surface area contributed by atoms with E-state index in [1.54, 1.807) is 0 Å². The molecule has 6 heavy (non-hydrogen) atoms. The molecule has 0 aliphatic heterocycles. The van der Waals surface area contributed by atoms with Crippen LogP contribution in [0.4, 0.5) is 0 Å². The van der Waals surface area contributed by atoms with Gasteiger partial charge in [0.2, 0.25) is 0 Å². The monoisotopic (exact) mass is 88.1 g/mol.